The summed E-state index contributed by atoms with van der Waals surface area (Å²) in [6, 6.07) is 14.5. The first kappa shape index (κ1) is 14.8. The zero-order valence-electron chi connectivity index (χ0n) is 12.9. The molecule has 0 aliphatic rings. The van der Waals surface area contributed by atoms with Gasteiger partial charge in [0.25, 0.3) is 5.91 Å². The van der Waals surface area contributed by atoms with E-state index >= 15 is 0 Å². The fraction of sp³-hybridized carbons (Fsp3) is 0.111. The summed E-state index contributed by atoms with van der Waals surface area (Å²) < 4.78 is 1.73. The van der Waals surface area contributed by atoms with Gasteiger partial charge in [0.2, 0.25) is 0 Å². The number of hydrogen-bond acceptors (Lipinski definition) is 3. The summed E-state index contributed by atoms with van der Waals surface area (Å²) in [5, 5.41) is 16.6. The van der Waals surface area contributed by atoms with E-state index in [2.05, 4.69) is 10.4 Å². The van der Waals surface area contributed by atoms with Crippen molar-refractivity contribution in [2.75, 3.05) is 5.32 Å². The first-order chi connectivity index (χ1) is 11.1. The highest BCUT2D eigenvalue weighted by Crippen LogP contribution is 2.21. The number of phenols is 1. The lowest BCUT2D eigenvalue weighted by Crippen LogP contribution is -2.13. The molecule has 0 aliphatic carbocycles. The minimum atomic E-state index is -0.224. The summed E-state index contributed by atoms with van der Waals surface area (Å²) in [6.45, 7) is 3.69. The van der Waals surface area contributed by atoms with Crippen LogP contribution in [-0.4, -0.2) is 20.8 Å². The number of carbonyl (C=O) groups excluding carboxylic acids is 1. The van der Waals surface area contributed by atoms with Crippen molar-refractivity contribution in [1.82, 2.24) is 9.78 Å². The smallest absolute Gasteiger partial charge is 0.259 e. The summed E-state index contributed by atoms with van der Waals surface area (Å²) >= 11 is 0. The van der Waals surface area contributed by atoms with Gasteiger partial charge in [-0.05, 0) is 49.7 Å². The highest BCUT2D eigenvalue weighted by atomic mass is 16.3. The van der Waals surface area contributed by atoms with Crippen molar-refractivity contribution < 1.29 is 9.90 Å². The Morgan fingerprint density at radius 3 is 2.57 bits per heavy atom. The highest BCUT2D eigenvalue weighted by Gasteiger charge is 2.16. The van der Waals surface area contributed by atoms with Crippen LogP contribution in [0.2, 0.25) is 0 Å². The molecular formula is C18H17N3O2. The van der Waals surface area contributed by atoms with E-state index in [0.717, 1.165) is 16.9 Å². The Hall–Kier alpha value is -3.08. The molecule has 0 fully saturated rings. The number of nitrogens with zero attached hydrogens (tertiary/aromatic N) is 2. The van der Waals surface area contributed by atoms with Crippen molar-refractivity contribution in [3.63, 3.8) is 0 Å². The van der Waals surface area contributed by atoms with Gasteiger partial charge in [0.15, 0.2) is 0 Å². The summed E-state index contributed by atoms with van der Waals surface area (Å²) in [5.41, 5.74) is 3.66. The Kier molecular flexibility index (Phi) is 3.85. The van der Waals surface area contributed by atoms with E-state index in [1.54, 1.807) is 29.1 Å². The molecule has 2 aromatic carbocycles. The molecule has 1 heterocycles. The van der Waals surface area contributed by atoms with E-state index in [9.17, 15) is 9.90 Å². The van der Waals surface area contributed by atoms with Gasteiger partial charge in [0.05, 0.1) is 23.1 Å². The van der Waals surface area contributed by atoms with Crippen LogP contribution in [0.5, 0.6) is 5.75 Å². The molecule has 0 spiro atoms. The molecular weight excluding hydrogens is 290 g/mol. The third kappa shape index (κ3) is 2.94. The third-order valence-corrected chi connectivity index (χ3v) is 3.71. The van der Waals surface area contributed by atoms with Gasteiger partial charge in [-0.25, -0.2) is 4.68 Å². The number of amides is 1. The van der Waals surface area contributed by atoms with Gasteiger partial charge in [0, 0.05) is 5.69 Å². The molecule has 2 N–H and O–H groups in total. The molecule has 0 radical (unpaired) electrons. The van der Waals surface area contributed by atoms with Crippen molar-refractivity contribution in [2.45, 2.75) is 13.8 Å². The molecule has 1 aromatic heterocycles. The molecule has 0 saturated heterocycles. The van der Waals surface area contributed by atoms with Gasteiger partial charge in [-0.15, -0.1) is 0 Å². The average molecular weight is 307 g/mol. The number of aryl methyl sites for hydroxylation is 1. The van der Waals surface area contributed by atoms with Crippen molar-refractivity contribution in [3.8, 4) is 11.4 Å². The SMILES string of the molecule is Cc1cc(O)ccc1NC(=O)c1cnn(-c2ccccc2)c1C. The minimum Gasteiger partial charge on any atom is -0.508 e. The van der Waals surface area contributed by atoms with E-state index in [0.29, 0.717) is 11.3 Å². The van der Waals surface area contributed by atoms with Crippen LogP contribution in [0.4, 0.5) is 5.69 Å². The van der Waals surface area contributed by atoms with Crippen LogP contribution in [0.25, 0.3) is 5.69 Å². The van der Waals surface area contributed by atoms with E-state index in [1.807, 2.05) is 44.2 Å². The number of benzene rings is 2. The van der Waals surface area contributed by atoms with E-state index in [4.69, 9.17) is 0 Å². The molecule has 116 valence electrons. The molecule has 3 rings (SSSR count). The van der Waals surface area contributed by atoms with Gasteiger partial charge in [-0.3, -0.25) is 4.79 Å². The summed E-state index contributed by atoms with van der Waals surface area (Å²) in [7, 11) is 0. The number of anilines is 1. The fourth-order valence-electron chi connectivity index (χ4n) is 2.44. The van der Waals surface area contributed by atoms with E-state index in [1.165, 1.54) is 0 Å². The Balaban J connectivity index is 1.88. The van der Waals surface area contributed by atoms with Gasteiger partial charge in [-0.2, -0.15) is 5.10 Å². The lowest BCUT2D eigenvalue weighted by atomic mass is 10.1. The maximum absolute atomic E-state index is 12.5. The molecule has 0 saturated carbocycles. The van der Waals surface area contributed by atoms with Crippen LogP contribution >= 0.6 is 0 Å². The number of phenolic OH excluding ortho intramolecular Hbond substituents is 1. The van der Waals surface area contributed by atoms with Gasteiger partial charge < -0.3 is 10.4 Å². The number of nitrogens with one attached hydrogen (secondary N) is 1. The van der Waals surface area contributed by atoms with Crippen LogP contribution in [-0.2, 0) is 0 Å². The molecule has 5 nitrogen and oxygen atoms in total. The molecule has 0 atom stereocenters. The van der Waals surface area contributed by atoms with Crippen molar-refractivity contribution in [2.24, 2.45) is 0 Å². The van der Waals surface area contributed by atoms with Crippen LogP contribution < -0.4 is 5.32 Å². The van der Waals surface area contributed by atoms with E-state index < -0.39 is 0 Å². The second kappa shape index (κ2) is 5.96. The number of aromatic hydroxyl groups is 1. The van der Waals surface area contributed by atoms with Crippen LogP contribution in [0.15, 0.2) is 54.7 Å². The molecule has 0 bridgehead atoms. The Morgan fingerprint density at radius 1 is 1.13 bits per heavy atom. The van der Waals surface area contributed by atoms with Gasteiger partial charge in [0.1, 0.15) is 5.75 Å². The number of carbonyl (C=O) groups is 1. The number of rotatable bonds is 3. The number of hydrogen-bond donors (Lipinski definition) is 2. The largest absolute Gasteiger partial charge is 0.508 e. The van der Waals surface area contributed by atoms with Gasteiger partial charge >= 0.3 is 0 Å². The Bertz CT molecular complexity index is 854. The summed E-state index contributed by atoms with van der Waals surface area (Å²) in [6.07, 6.45) is 1.56. The van der Waals surface area contributed by atoms with Crippen LogP contribution in [0, 0.1) is 13.8 Å². The van der Waals surface area contributed by atoms with E-state index in [-0.39, 0.29) is 11.7 Å². The molecule has 23 heavy (non-hydrogen) atoms. The zero-order valence-corrected chi connectivity index (χ0v) is 12.9. The Morgan fingerprint density at radius 2 is 1.87 bits per heavy atom. The second-order valence-electron chi connectivity index (χ2n) is 5.34. The number of aromatic nitrogens is 2. The normalized spacial score (nSPS) is 10.5. The average Bonchev–Trinajstić information content (AvgIpc) is 2.92. The molecule has 3 aromatic rings. The first-order valence-corrected chi connectivity index (χ1v) is 7.27. The van der Waals surface area contributed by atoms with Crippen LogP contribution in [0.3, 0.4) is 0 Å². The molecule has 0 unspecified atom stereocenters. The minimum absolute atomic E-state index is 0.175. The monoisotopic (exact) mass is 307 g/mol. The fourth-order valence-corrected chi connectivity index (χ4v) is 2.44. The topological polar surface area (TPSA) is 67.2 Å². The second-order valence-corrected chi connectivity index (χ2v) is 5.34. The van der Waals surface area contributed by atoms with Crippen molar-refractivity contribution in [1.29, 1.82) is 0 Å². The van der Waals surface area contributed by atoms with Crippen molar-refractivity contribution in [3.05, 3.63) is 71.5 Å². The van der Waals surface area contributed by atoms with Crippen LogP contribution in [0.1, 0.15) is 21.6 Å². The molecule has 5 heteroatoms. The van der Waals surface area contributed by atoms with Crippen molar-refractivity contribution >= 4 is 11.6 Å². The lowest BCUT2D eigenvalue weighted by molar-refractivity contribution is 0.102. The predicted octanol–water partition coefficient (Wildman–Crippen LogP) is 3.45. The molecule has 0 aliphatic heterocycles. The lowest BCUT2D eigenvalue weighted by Gasteiger charge is -2.09. The summed E-state index contributed by atoms with van der Waals surface area (Å²) in [5.74, 6) is -0.0490. The third-order valence-electron chi connectivity index (χ3n) is 3.71. The maximum Gasteiger partial charge on any atom is 0.259 e. The summed E-state index contributed by atoms with van der Waals surface area (Å²) in [4.78, 5) is 12.5. The Labute approximate surface area is 134 Å². The predicted molar refractivity (Wildman–Crippen MR) is 89.1 cm³/mol. The standard InChI is InChI=1S/C18H17N3O2/c1-12-10-15(22)8-9-17(12)20-18(23)16-11-19-21(13(16)2)14-6-4-3-5-7-14/h3-11,22H,1-2H3,(H,20,23). The zero-order chi connectivity index (χ0) is 16.4. The number of para-hydroxylation sites is 1. The first-order valence-electron chi connectivity index (χ1n) is 7.27. The van der Waals surface area contributed by atoms with Gasteiger partial charge in [-0.1, -0.05) is 18.2 Å². The quantitative estimate of drug-likeness (QED) is 0.728. The maximum atomic E-state index is 12.5. The molecule has 1 amide bonds. The highest BCUT2D eigenvalue weighted by molar-refractivity contribution is 6.05.